The molecule has 0 fully saturated rings. The number of nitrogens with one attached hydrogen (secondary N) is 1. The van der Waals surface area contributed by atoms with Crippen molar-refractivity contribution in [1.29, 1.82) is 0 Å². The first-order valence-electron chi connectivity index (χ1n) is 15.4. The van der Waals surface area contributed by atoms with Gasteiger partial charge in [-0.1, -0.05) is 136 Å². The van der Waals surface area contributed by atoms with Gasteiger partial charge in [-0.2, -0.15) is 0 Å². The predicted octanol–water partition coefficient (Wildman–Crippen LogP) is 7.73. The van der Waals surface area contributed by atoms with E-state index < -0.39 is 11.9 Å². The van der Waals surface area contributed by atoms with Crippen molar-refractivity contribution >= 4 is 17.7 Å². The van der Waals surface area contributed by atoms with Gasteiger partial charge in [-0.3, -0.25) is 19.8 Å². The number of carbonyl (C=O) groups is 3. The van der Waals surface area contributed by atoms with Crippen LogP contribution in [-0.2, 0) is 14.4 Å². The Bertz CT molecular complexity index is 554. The van der Waals surface area contributed by atoms with Crippen LogP contribution in [0.1, 0.15) is 168 Å². The average molecular weight is 510 g/mol. The molecule has 3 amide bonds. The Kier molecular flexibility index (Phi) is 24.0. The molecule has 0 aliphatic rings. The van der Waals surface area contributed by atoms with Crippen molar-refractivity contribution in [1.82, 2.24) is 10.4 Å². The quantitative estimate of drug-likeness (QED) is 0.0973. The lowest BCUT2D eigenvalue weighted by atomic mass is 10.1. The molecule has 0 saturated carbocycles. The van der Waals surface area contributed by atoms with Crippen LogP contribution in [0.5, 0.6) is 0 Å². The monoisotopic (exact) mass is 509 g/mol. The zero-order valence-corrected chi connectivity index (χ0v) is 24.1. The van der Waals surface area contributed by atoms with Crippen LogP contribution in [0.15, 0.2) is 0 Å². The molecule has 3 N–H and O–H groups in total. The Hall–Kier alpha value is -1.59. The van der Waals surface area contributed by atoms with Gasteiger partial charge >= 0.3 is 0 Å². The SMILES string of the molecule is CCCCCCCCCCCC(=O)NN(C(=O)CCCCCCCCCCC)C(CCCC)C(N)=O. The number of rotatable bonds is 25. The predicted molar refractivity (Wildman–Crippen MR) is 151 cm³/mol. The van der Waals surface area contributed by atoms with Crippen LogP contribution in [0, 0.1) is 0 Å². The summed E-state index contributed by atoms with van der Waals surface area (Å²) in [7, 11) is 0. The van der Waals surface area contributed by atoms with Crippen LogP contribution in [0.3, 0.4) is 0 Å². The van der Waals surface area contributed by atoms with E-state index in [2.05, 4.69) is 19.3 Å². The van der Waals surface area contributed by atoms with Crippen LogP contribution in [-0.4, -0.2) is 28.8 Å². The van der Waals surface area contributed by atoms with Crippen molar-refractivity contribution in [3.8, 4) is 0 Å². The van der Waals surface area contributed by atoms with Crippen molar-refractivity contribution in [3.05, 3.63) is 0 Å². The Balaban J connectivity index is 4.49. The lowest BCUT2D eigenvalue weighted by Gasteiger charge is -2.30. The number of carbonyl (C=O) groups excluding carboxylic acids is 3. The normalized spacial score (nSPS) is 11.9. The summed E-state index contributed by atoms with van der Waals surface area (Å²) in [5.74, 6) is -0.938. The van der Waals surface area contributed by atoms with Gasteiger partial charge in [0.1, 0.15) is 6.04 Å². The van der Waals surface area contributed by atoms with Gasteiger partial charge in [0.25, 0.3) is 0 Å². The summed E-state index contributed by atoms with van der Waals surface area (Å²) in [4.78, 5) is 37.8. The van der Waals surface area contributed by atoms with E-state index in [0.29, 0.717) is 19.3 Å². The number of hydrogen-bond donors (Lipinski definition) is 2. The smallest absolute Gasteiger partial charge is 0.242 e. The van der Waals surface area contributed by atoms with E-state index in [1.807, 2.05) is 6.92 Å². The van der Waals surface area contributed by atoms with E-state index in [1.54, 1.807) is 0 Å². The number of hydrazine groups is 1. The lowest BCUT2D eigenvalue weighted by Crippen LogP contribution is -2.56. The second kappa shape index (κ2) is 25.1. The third kappa shape index (κ3) is 19.6. The maximum Gasteiger partial charge on any atom is 0.242 e. The first-order valence-corrected chi connectivity index (χ1v) is 15.4. The molecule has 0 bridgehead atoms. The molecule has 36 heavy (non-hydrogen) atoms. The first-order chi connectivity index (χ1) is 17.5. The van der Waals surface area contributed by atoms with E-state index >= 15 is 0 Å². The molecular formula is C30H59N3O3. The molecule has 6 heteroatoms. The molecule has 0 aliphatic carbocycles. The van der Waals surface area contributed by atoms with E-state index in [0.717, 1.165) is 51.4 Å². The molecule has 0 spiro atoms. The van der Waals surface area contributed by atoms with Crippen LogP contribution >= 0.6 is 0 Å². The number of hydrogen-bond acceptors (Lipinski definition) is 3. The fourth-order valence-electron chi connectivity index (χ4n) is 4.60. The summed E-state index contributed by atoms with van der Waals surface area (Å²) in [6, 6.07) is -0.775. The van der Waals surface area contributed by atoms with E-state index in [4.69, 9.17) is 5.73 Å². The van der Waals surface area contributed by atoms with Gasteiger partial charge in [-0.05, 0) is 19.3 Å². The molecule has 212 valence electrons. The summed E-state index contributed by atoms with van der Waals surface area (Å²) in [5.41, 5.74) is 8.41. The van der Waals surface area contributed by atoms with Gasteiger partial charge in [-0.25, -0.2) is 5.01 Å². The fourth-order valence-corrected chi connectivity index (χ4v) is 4.60. The van der Waals surface area contributed by atoms with Gasteiger partial charge in [0.2, 0.25) is 17.7 Å². The summed E-state index contributed by atoms with van der Waals surface area (Å²) in [6.45, 7) is 6.49. The Morgan fingerprint density at radius 3 is 1.39 bits per heavy atom. The maximum absolute atomic E-state index is 13.0. The number of unbranched alkanes of at least 4 members (excludes halogenated alkanes) is 17. The van der Waals surface area contributed by atoms with E-state index in [9.17, 15) is 14.4 Å². The van der Waals surface area contributed by atoms with E-state index in [1.165, 1.54) is 82.1 Å². The molecular weight excluding hydrogens is 450 g/mol. The molecule has 0 radical (unpaired) electrons. The summed E-state index contributed by atoms with van der Waals surface area (Å²) >= 11 is 0. The third-order valence-electron chi connectivity index (χ3n) is 6.99. The minimum atomic E-state index is -0.775. The van der Waals surface area contributed by atoms with Gasteiger partial charge < -0.3 is 5.73 Å². The highest BCUT2D eigenvalue weighted by Crippen LogP contribution is 2.15. The third-order valence-corrected chi connectivity index (χ3v) is 6.99. The topological polar surface area (TPSA) is 92.5 Å². The molecule has 1 unspecified atom stereocenters. The zero-order valence-electron chi connectivity index (χ0n) is 24.1. The molecule has 0 aromatic heterocycles. The van der Waals surface area contributed by atoms with Crippen LogP contribution < -0.4 is 11.2 Å². The fraction of sp³-hybridized carbons (Fsp3) is 0.900. The molecule has 0 rings (SSSR count). The zero-order chi connectivity index (χ0) is 26.9. The van der Waals surface area contributed by atoms with Gasteiger partial charge in [-0.15, -0.1) is 0 Å². The second-order valence-corrected chi connectivity index (χ2v) is 10.5. The highest BCUT2D eigenvalue weighted by molar-refractivity contribution is 5.88. The number of amides is 3. The van der Waals surface area contributed by atoms with Crippen LogP contribution in [0.2, 0.25) is 0 Å². The largest absolute Gasteiger partial charge is 0.368 e. The minimum absolute atomic E-state index is 0.193. The van der Waals surface area contributed by atoms with E-state index in [-0.39, 0.29) is 11.8 Å². The molecule has 1 atom stereocenters. The molecule has 0 aromatic rings. The number of primary amides is 1. The van der Waals surface area contributed by atoms with Gasteiger partial charge in [0.15, 0.2) is 0 Å². The van der Waals surface area contributed by atoms with Crippen molar-refractivity contribution in [2.75, 3.05) is 0 Å². The molecule has 6 nitrogen and oxygen atoms in total. The van der Waals surface area contributed by atoms with Crippen molar-refractivity contribution in [2.24, 2.45) is 5.73 Å². The maximum atomic E-state index is 13.0. The van der Waals surface area contributed by atoms with Gasteiger partial charge in [0.05, 0.1) is 0 Å². The first kappa shape index (κ1) is 34.4. The minimum Gasteiger partial charge on any atom is -0.368 e. The average Bonchev–Trinajstić information content (AvgIpc) is 2.86. The Morgan fingerprint density at radius 2 is 0.972 bits per heavy atom. The highest BCUT2D eigenvalue weighted by atomic mass is 16.2. The van der Waals surface area contributed by atoms with Gasteiger partial charge in [0, 0.05) is 12.8 Å². The summed E-state index contributed by atoms with van der Waals surface area (Å²) < 4.78 is 0. The molecule has 0 heterocycles. The standard InChI is InChI=1S/C30H59N3O3/c1-4-7-10-12-14-16-18-20-22-25-28(34)32-33(27(30(31)36)24-9-6-3)29(35)26-23-21-19-17-15-13-11-8-5-2/h27H,4-26H2,1-3H3,(H2,31,36)(H,32,34). The lowest BCUT2D eigenvalue weighted by molar-refractivity contribution is -0.148. The molecule has 0 saturated heterocycles. The van der Waals surface area contributed by atoms with Crippen LogP contribution in [0.25, 0.3) is 0 Å². The Morgan fingerprint density at radius 1 is 0.583 bits per heavy atom. The Labute approximate surface area is 222 Å². The number of nitrogens with zero attached hydrogens (tertiary/aromatic N) is 1. The second-order valence-electron chi connectivity index (χ2n) is 10.5. The summed E-state index contributed by atoms with van der Waals surface area (Å²) in [5, 5.41) is 1.26. The number of nitrogens with two attached hydrogens (primary N) is 1. The van der Waals surface area contributed by atoms with Crippen molar-refractivity contribution < 1.29 is 14.4 Å². The van der Waals surface area contributed by atoms with Crippen molar-refractivity contribution in [3.63, 3.8) is 0 Å². The van der Waals surface area contributed by atoms with Crippen molar-refractivity contribution in [2.45, 2.75) is 174 Å². The highest BCUT2D eigenvalue weighted by Gasteiger charge is 2.29. The summed E-state index contributed by atoms with van der Waals surface area (Å²) in [6.07, 6.45) is 24.1. The van der Waals surface area contributed by atoms with Crippen LogP contribution in [0.4, 0.5) is 0 Å². The molecule has 0 aromatic carbocycles. The molecule has 0 aliphatic heterocycles.